The van der Waals surface area contributed by atoms with E-state index in [0.29, 0.717) is 13.0 Å². The number of amides is 1. The zero-order valence-electron chi connectivity index (χ0n) is 19.6. The van der Waals surface area contributed by atoms with Gasteiger partial charge in [-0.05, 0) is 71.0 Å². The lowest BCUT2D eigenvalue weighted by Gasteiger charge is -2.50. The molecule has 0 radical (unpaired) electrons. The highest BCUT2D eigenvalue weighted by Crippen LogP contribution is 2.31. The molecule has 1 aromatic carbocycles. The van der Waals surface area contributed by atoms with E-state index in [1.54, 1.807) is 0 Å². The maximum atomic E-state index is 12.6. The second-order valence-corrected chi connectivity index (χ2v) is 9.39. The van der Waals surface area contributed by atoms with Crippen molar-refractivity contribution in [2.75, 3.05) is 58.3 Å². The molecule has 1 atom stereocenters. The van der Waals surface area contributed by atoms with E-state index < -0.39 is 0 Å². The minimum atomic E-state index is 0. The molecule has 1 amide bonds. The van der Waals surface area contributed by atoms with Crippen LogP contribution in [-0.4, -0.2) is 86.6 Å². The summed E-state index contributed by atoms with van der Waals surface area (Å²) in [7, 11) is 4.05. The number of carbonyl (C=O) groups is 1. The van der Waals surface area contributed by atoms with E-state index in [1.165, 1.54) is 45.2 Å². The van der Waals surface area contributed by atoms with E-state index in [4.69, 9.17) is 0 Å². The summed E-state index contributed by atoms with van der Waals surface area (Å²) in [6, 6.07) is 10.00. The van der Waals surface area contributed by atoms with Crippen LogP contribution in [-0.2, 0) is 4.79 Å². The first-order chi connectivity index (χ1) is 15.1. The van der Waals surface area contributed by atoms with Gasteiger partial charge in [-0.3, -0.25) is 14.7 Å². The van der Waals surface area contributed by atoms with Gasteiger partial charge in [-0.2, -0.15) is 0 Å². The highest BCUT2D eigenvalue weighted by Gasteiger charge is 2.40. The fourth-order valence-corrected chi connectivity index (χ4v) is 5.31. The number of anilines is 1. The van der Waals surface area contributed by atoms with Crippen molar-refractivity contribution >= 4 is 41.5 Å². The second kappa shape index (κ2) is 11.7. The predicted octanol–water partition coefficient (Wildman–Crippen LogP) is 2.53. The summed E-state index contributed by atoms with van der Waals surface area (Å²) in [4.78, 5) is 24.1. The molecule has 4 rings (SSSR count). The molecule has 2 N–H and O–H groups in total. The van der Waals surface area contributed by atoms with E-state index in [9.17, 15) is 4.79 Å². The Morgan fingerprint density at radius 3 is 2.44 bits per heavy atom. The topological polar surface area (TPSA) is 63.2 Å². The molecule has 3 aliphatic rings. The zero-order chi connectivity index (χ0) is 21.7. The van der Waals surface area contributed by atoms with Gasteiger partial charge in [0.1, 0.15) is 0 Å². The van der Waals surface area contributed by atoms with Gasteiger partial charge in [0.25, 0.3) is 0 Å². The second-order valence-electron chi connectivity index (χ2n) is 9.39. The number of para-hydroxylation sites is 1. The Morgan fingerprint density at radius 2 is 1.78 bits per heavy atom. The van der Waals surface area contributed by atoms with Crippen LogP contribution in [0.3, 0.4) is 0 Å². The molecule has 0 aliphatic carbocycles. The van der Waals surface area contributed by atoms with E-state index in [0.717, 1.165) is 31.3 Å². The van der Waals surface area contributed by atoms with Crippen LogP contribution >= 0.6 is 24.0 Å². The Hall–Kier alpha value is -1.39. The molecule has 32 heavy (non-hydrogen) atoms. The SMILES string of the molecule is CN=C(NCC1(N2CCCCC2)CCN(C)CC1)NC1CC(=O)N(c2ccccc2)C1.I. The van der Waals surface area contributed by atoms with E-state index in [1.807, 2.05) is 42.3 Å². The fraction of sp³-hybridized carbons (Fsp3) is 0.667. The van der Waals surface area contributed by atoms with Gasteiger partial charge in [-0.1, -0.05) is 24.6 Å². The Labute approximate surface area is 210 Å². The molecule has 0 aromatic heterocycles. The maximum absolute atomic E-state index is 12.6. The summed E-state index contributed by atoms with van der Waals surface area (Å²) in [5, 5.41) is 7.15. The van der Waals surface area contributed by atoms with Gasteiger partial charge in [-0.25, -0.2) is 0 Å². The predicted molar refractivity (Wildman–Crippen MR) is 142 cm³/mol. The number of hydrogen-bond donors (Lipinski definition) is 2. The highest BCUT2D eigenvalue weighted by molar-refractivity contribution is 14.0. The third-order valence-corrected chi connectivity index (χ3v) is 7.29. The Bertz CT molecular complexity index is 759. The van der Waals surface area contributed by atoms with Crippen LogP contribution in [0.15, 0.2) is 35.3 Å². The molecule has 3 fully saturated rings. The number of piperidine rings is 2. The van der Waals surface area contributed by atoms with Gasteiger partial charge in [-0.15, -0.1) is 24.0 Å². The van der Waals surface area contributed by atoms with Crippen LogP contribution in [0.25, 0.3) is 0 Å². The number of nitrogens with zero attached hydrogens (tertiary/aromatic N) is 4. The van der Waals surface area contributed by atoms with E-state index in [-0.39, 0.29) is 41.5 Å². The molecule has 1 aromatic rings. The van der Waals surface area contributed by atoms with Crippen LogP contribution in [0, 0.1) is 0 Å². The van der Waals surface area contributed by atoms with E-state index in [2.05, 4.69) is 32.5 Å². The van der Waals surface area contributed by atoms with Crippen molar-refractivity contribution in [1.29, 1.82) is 0 Å². The van der Waals surface area contributed by atoms with Crippen LogP contribution in [0.2, 0.25) is 0 Å². The normalized spacial score (nSPS) is 24.8. The number of carbonyl (C=O) groups excluding carboxylic acids is 1. The quantitative estimate of drug-likeness (QED) is 0.333. The molecule has 1 unspecified atom stereocenters. The number of guanidine groups is 1. The summed E-state index contributed by atoms with van der Waals surface area (Å²) in [6.45, 7) is 6.29. The van der Waals surface area contributed by atoms with Gasteiger partial charge in [0.05, 0.1) is 6.04 Å². The lowest BCUT2D eigenvalue weighted by molar-refractivity contribution is -0.117. The van der Waals surface area contributed by atoms with Crippen LogP contribution in [0.4, 0.5) is 5.69 Å². The Morgan fingerprint density at radius 1 is 1.09 bits per heavy atom. The van der Waals surface area contributed by atoms with Gasteiger partial charge < -0.3 is 20.4 Å². The largest absolute Gasteiger partial charge is 0.355 e. The van der Waals surface area contributed by atoms with Crippen LogP contribution in [0.5, 0.6) is 0 Å². The molecule has 8 heteroatoms. The minimum Gasteiger partial charge on any atom is -0.355 e. The van der Waals surface area contributed by atoms with Crippen molar-refractivity contribution in [3.05, 3.63) is 30.3 Å². The summed E-state index contributed by atoms with van der Waals surface area (Å²) in [6.07, 6.45) is 6.86. The van der Waals surface area contributed by atoms with Gasteiger partial charge >= 0.3 is 0 Å². The summed E-state index contributed by atoms with van der Waals surface area (Å²) in [5.41, 5.74) is 1.17. The van der Waals surface area contributed by atoms with Crippen molar-refractivity contribution in [2.24, 2.45) is 4.99 Å². The first kappa shape index (κ1) is 25.2. The third kappa shape index (κ3) is 5.94. The number of likely N-dealkylation sites (tertiary alicyclic amines) is 2. The van der Waals surface area contributed by atoms with Crippen molar-refractivity contribution in [3.63, 3.8) is 0 Å². The summed E-state index contributed by atoms with van der Waals surface area (Å²) < 4.78 is 0. The number of halogens is 1. The number of hydrogen-bond acceptors (Lipinski definition) is 4. The first-order valence-electron chi connectivity index (χ1n) is 11.9. The Balaban J connectivity index is 0.00000289. The van der Waals surface area contributed by atoms with Gasteiger partial charge in [0.2, 0.25) is 5.91 Å². The van der Waals surface area contributed by atoms with Gasteiger partial charge in [0.15, 0.2) is 5.96 Å². The average Bonchev–Trinajstić information content (AvgIpc) is 3.19. The first-order valence-corrected chi connectivity index (χ1v) is 11.9. The lowest BCUT2D eigenvalue weighted by atomic mass is 9.84. The molecule has 0 spiro atoms. The number of aliphatic imine (C=N–C) groups is 1. The number of rotatable bonds is 5. The maximum Gasteiger partial charge on any atom is 0.229 e. The number of nitrogens with one attached hydrogen (secondary N) is 2. The highest BCUT2D eigenvalue weighted by atomic mass is 127. The Kier molecular flexibility index (Phi) is 9.19. The molecule has 3 heterocycles. The van der Waals surface area contributed by atoms with Crippen LogP contribution in [0.1, 0.15) is 38.5 Å². The van der Waals surface area contributed by atoms with Crippen molar-refractivity contribution in [2.45, 2.75) is 50.1 Å². The standard InChI is InChI=1S/C24H38N6O.HI/c1-25-23(27-20-17-22(31)30(18-20)21-9-5-3-6-10-21)26-19-24(11-15-28(2)16-12-24)29-13-7-4-8-14-29;/h3,5-6,9-10,20H,4,7-8,11-19H2,1-2H3,(H2,25,26,27);1H. The molecule has 178 valence electrons. The molecule has 0 saturated carbocycles. The van der Waals surface area contributed by atoms with Gasteiger partial charge in [0, 0.05) is 37.8 Å². The monoisotopic (exact) mass is 554 g/mol. The smallest absolute Gasteiger partial charge is 0.229 e. The van der Waals surface area contributed by atoms with Crippen molar-refractivity contribution < 1.29 is 4.79 Å². The summed E-state index contributed by atoms with van der Waals surface area (Å²) >= 11 is 0. The molecule has 3 aliphatic heterocycles. The lowest BCUT2D eigenvalue weighted by Crippen LogP contribution is -2.62. The van der Waals surface area contributed by atoms with Crippen molar-refractivity contribution in [3.8, 4) is 0 Å². The van der Waals surface area contributed by atoms with Crippen molar-refractivity contribution in [1.82, 2.24) is 20.4 Å². The summed E-state index contributed by atoms with van der Waals surface area (Å²) in [5.74, 6) is 0.974. The average molecular weight is 555 g/mol. The zero-order valence-corrected chi connectivity index (χ0v) is 21.9. The molecule has 7 nitrogen and oxygen atoms in total. The molecular weight excluding hydrogens is 515 g/mol. The van der Waals surface area contributed by atoms with Crippen LogP contribution < -0.4 is 15.5 Å². The molecular formula is C24H39IN6O. The molecule has 3 saturated heterocycles. The third-order valence-electron chi connectivity index (χ3n) is 7.29. The van der Waals surface area contributed by atoms with E-state index >= 15 is 0 Å². The number of benzene rings is 1. The minimum absolute atomic E-state index is 0. The molecule has 0 bridgehead atoms. The fourth-order valence-electron chi connectivity index (χ4n) is 5.31.